The Kier molecular flexibility index (Phi) is 6.42. The number of carbonyl (C=O) groups is 2. The number of nitrogens with zero attached hydrogens (tertiary/aromatic N) is 4. The minimum absolute atomic E-state index is 0.00502. The molecule has 2 aromatic carbocycles. The van der Waals surface area contributed by atoms with Gasteiger partial charge < -0.3 is 19.4 Å². The van der Waals surface area contributed by atoms with Gasteiger partial charge in [0.25, 0.3) is 11.8 Å². The number of nitrogens with one attached hydrogen (secondary N) is 1. The van der Waals surface area contributed by atoms with Crippen LogP contribution >= 0.6 is 0 Å². The minimum atomic E-state index is -0.402. The van der Waals surface area contributed by atoms with Gasteiger partial charge in [-0.2, -0.15) is 5.10 Å². The van der Waals surface area contributed by atoms with Crippen LogP contribution in [-0.2, 0) is 9.53 Å². The van der Waals surface area contributed by atoms with Crippen molar-refractivity contribution in [2.75, 3.05) is 52.9 Å². The molecule has 2 saturated heterocycles. The van der Waals surface area contributed by atoms with Gasteiger partial charge in [0.2, 0.25) is 0 Å². The number of aromatic nitrogens is 2. The Labute approximate surface area is 198 Å². The number of amides is 2. The number of carbonyl (C=O) groups excluding carboxylic acids is 2. The Balaban J connectivity index is 1.17. The fourth-order valence-electron chi connectivity index (χ4n) is 4.47. The molecular weight excluding hydrogens is 430 g/mol. The number of para-hydroxylation sites is 1. The van der Waals surface area contributed by atoms with Crippen molar-refractivity contribution in [1.29, 1.82) is 0 Å². The fourth-order valence-corrected chi connectivity index (χ4v) is 4.47. The summed E-state index contributed by atoms with van der Waals surface area (Å²) in [5.41, 5.74) is 3.54. The Hall–Kier alpha value is -3.49. The predicted molar refractivity (Wildman–Crippen MR) is 131 cm³/mol. The number of H-pyrrole nitrogens is 1. The second-order valence-electron chi connectivity index (χ2n) is 8.85. The van der Waals surface area contributed by atoms with Crippen molar-refractivity contribution in [1.82, 2.24) is 24.9 Å². The van der Waals surface area contributed by atoms with E-state index in [1.807, 2.05) is 77.5 Å². The number of ether oxygens (including phenoxy) is 1. The SMILES string of the molecule is CN1CCOC(C(=O)N2CCN(C(=O)c3ccc(/C=C/c4n[nH]c5ccccc45)cc3)CC2)C1. The molecule has 8 nitrogen and oxygen atoms in total. The van der Waals surface area contributed by atoms with E-state index in [9.17, 15) is 9.59 Å². The van der Waals surface area contributed by atoms with Crippen LogP contribution < -0.4 is 0 Å². The van der Waals surface area contributed by atoms with Crippen molar-refractivity contribution in [3.05, 3.63) is 65.4 Å². The van der Waals surface area contributed by atoms with Crippen LogP contribution in [0.5, 0.6) is 0 Å². The molecule has 5 rings (SSSR count). The summed E-state index contributed by atoms with van der Waals surface area (Å²) in [6, 6.07) is 15.6. The van der Waals surface area contributed by atoms with Crippen LogP contribution in [0.3, 0.4) is 0 Å². The summed E-state index contributed by atoms with van der Waals surface area (Å²) in [5.74, 6) is 0.0223. The number of morpholine rings is 1. The van der Waals surface area contributed by atoms with Gasteiger partial charge in [0, 0.05) is 50.2 Å². The van der Waals surface area contributed by atoms with Gasteiger partial charge in [-0.1, -0.05) is 36.4 Å². The summed E-state index contributed by atoms with van der Waals surface area (Å²) in [6.45, 7) is 4.17. The van der Waals surface area contributed by atoms with Crippen LogP contribution in [0.4, 0.5) is 0 Å². The maximum absolute atomic E-state index is 13.0. The van der Waals surface area contributed by atoms with Gasteiger partial charge in [-0.15, -0.1) is 0 Å². The number of aromatic amines is 1. The third kappa shape index (κ3) is 4.73. The second kappa shape index (κ2) is 9.79. The number of benzene rings is 2. The standard InChI is InChI=1S/C26H29N5O3/c1-29-16-17-34-24(18-29)26(33)31-14-12-30(13-15-31)25(32)20-9-6-19(7-10-20)8-11-23-21-4-2-3-5-22(21)27-28-23/h2-11,24H,12-18H2,1H3,(H,27,28)/b11-8+. The molecule has 0 bridgehead atoms. The molecule has 2 amide bonds. The number of hydrogen-bond donors (Lipinski definition) is 1. The molecule has 3 aromatic rings. The monoisotopic (exact) mass is 459 g/mol. The van der Waals surface area contributed by atoms with Gasteiger partial charge in [0.1, 0.15) is 6.10 Å². The minimum Gasteiger partial charge on any atom is -0.366 e. The Morgan fingerprint density at radius 2 is 1.71 bits per heavy atom. The van der Waals surface area contributed by atoms with Crippen LogP contribution in [0.15, 0.2) is 48.5 Å². The third-order valence-electron chi connectivity index (χ3n) is 6.51. The lowest BCUT2D eigenvalue weighted by Crippen LogP contribution is -2.56. The molecule has 3 heterocycles. The molecule has 0 saturated carbocycles. The van der Waals surface area contributed by atoms with Crippen molar-refractivity contribution in [3.8, 4) is 0 Å². The lowest BCUT2D eigenvalue weighted by molar-refractivity contribution is -0.150. The number of hydrogen-bond acceptors (Lipinski definition) is 5. The van der Waals surface area contributed by atoms with Gasteiger partial charge >= 0.3 is 0 Å². The van der Waals surface area contributed by atoms with Gasteiger partial charge in [0.15, 0.2) is 0 Å². The van der Waals surface area contributed by atoms with Gasteiger partial charge in [-0.05, 0) is 36.9 Å². The first-order valence-electron chi connectivity index (χ1n) is 11.7. The van der Waals surface area contributed by atoms with E-state index >= 15 is 0 Å². The lowest BCUT2D eigenvalue weighted by Gasteiger charge is -2.38. The van der Waals surface area contributed by atoms with E-state index in [1.165, 1.54) is 0 Å². The topological polar surface area (TPSA) is 81.8 Å². The summed E-state index contributed by atoms with van der Waals surface area (Å²) >= 11 is 0. The molecule has 8 heteroatoms. The van der Waals surface area contributed by atoms with Crippen LogP contribution in [0.2, 0.25) is 0 Å². The zero-order chi connectivity index (χ0) is 23.5. The maximum Gasteiger partial charge on any atom is 0.253 e. The van der Waals surface area contributed by atoms with Crippen LogP contribution in [-0.4, -0.2) is 95.7 Å². The predicted octanol–water partition coefficient (Wildman–Crippen LogP) is 2.35. The zero-order valence-electron chi connectivity index (χ0n) is 19.3. The number of likely N-dealkylation sites (N-methyl/N-ethyl adjacent to an activating group) is 1. The second-order valence-corrected chi connectivity index (χ2v) is 8.85. The van der Waals surface area contributed by atoms with E-state index in [1.54, 1.807) is 0 Å². The summed E-state index contributed by atoms with van der Waals surface area (Å²) in [6.07, 6.45) is 3.56. The highest BCUT2D eigenvalue weighted by molar-refractivity contribution is 5.95. The van der Waals surface area contributed by atoms with Crippen molar-refractivity contribution >= 4 is 34.9 Å². The Morgan fingerprint density at radius 1 is 0.971 bits per heavy atom. The molecule has 176 valence electrons. The van der Waals surface area contributed by atoms with E-state index in [0.717, 1.165) is 28.7 Å². The molecule has 1 N–H and O–H groups in total. The van der Waals surface area contributed by atoms with E-state index in [2.05, 4.69) is 15.1 Å². The van der Waals surface area contributed by atoms with Crippen molar-refractivity contribution in [2.24, 2.45) is 0 Å². The van der Waals surface area contributed by atoms with Gasteiger partial charge in [-0.25, -0.2) is 0 Å². The molecule has 0 aliphatic carbocycles. The zero-order valence-corrected chi connectivity index (χ0v) is 19.3. The summed E-state index contributed by atoms with van der Waals surface area (Å²) in [7, 11) is 2.00. The van der Waals surface area contributed by atoms with Crippen molar-refractivity contribution in [3.63, 3.8) is 0 Å². The average molecular weight is 460 g/mol. The molecular formula is C26H29N5O3. The molecule has 2 aliphatic heterocycles. The Morgan fingerprint density at radius 3 is 2.47 bits per heavy atom. The summed E-state index contributed by atoms with van der Waals surface area (Å²) in [5, 5.41) is 8.46. The number of rotatable bonds is 4. The lowest BCUT2D eigenvalue weighted by atomic mass is 10.1. The normalized spacial score (nSPS) is 19.7. The average Bonchev–Trinajstić information content (AvgIpc) is 3.30. The molecule has 1 atom stereocenters. The van der Waals surface area contributed by atoms with E-state index in [-0.39, 0.29) is 11.8 Å². The van der Waals surface area contributed by atoms with E-state index in [4.69, 9.17) is 4.74 Å². The van der Waals surface area contributed by atoms with Gasteiger partial charge in [0.05, 0.1) is 17.8 Å². The molecule has 0 spiro atoms. The van der Waals surface area contributed by atoms with E-state index in [0.29, 0.717) is 44.9 Å². The Bertz CT molecular complexity index is 1190. The van der Waals surface area contributed by atoms with Crippen LogP contribution in [0.1, 0.15) is 21.6 Å². The largest absolute Gasteiger partial charge is 0.366 e. The highest BCUT2D eigenvalue weighted by Crippen LogP contribution is 2.18. The molecule has 1 aromatic heterocycles. The molecule has 1 unspecified atom stereocenters. The molecule has 0 radical (unpaired) electrons. The van der Waals surface area contributed by atoms with Crippen LogP contribution in [0.25, 0.3) is 23.1 Å². The fraction of sp³-hybridized carbons (Fsp3) is 0.346. The maximum atomic E-state index is 13.0. The van der Waals surface area contributed by atoms with Gasteiger partial charge in [-0.3, -0.25) is 14.7 Å². The summed E-state index contributed by atoms with van der Waals surface area (Å²) < 4.78 is 5.66. The molecule has 2 aliphatic rings. The van der Waals surface area contributed by atoms with Crippen molar-refractivity contribution < 1.29 is 14.3 Å². The smallest absolute Gasteiger partial charge is 0.253 e. The first-order chi connectivity index (χ1) is 16.6. The van der Waals surface area contributed by atoms with Crippen LogP contribution in [0, 0.1) is 0 Å². The third-order valence-corrected chi connectivity index (χ3v) is 6.51. The number of piperazine rings is 1. The van der Waals surface area contributed by atoms with Crippen molar-refractivity contribution in [2.45, 2.75) is 6.10 Å². The first-order valence-corrected chi connectivity index (χ1v) is 11.7. The quantitative estimate of drug-likeness (QED) is 0.648. The van der Waals surface area contributed by atoms with E-state index < -0.39 is 6.10 Å². The number of fused-ring (bicyclic) bond motifs is 1. The highest BCUT2D eigenvalue weighted by atomic mass is 16.5. The highest BCUT2D eigenvalue weighted by Gasteiger charge is 2.32. The summed E-state index contributed by atoms with van der Waals surface area (Å²) in [4.78, 5) is 31.5. The molecule has 2 fully saturated rings. The first kappa shape index (κ1) is 22.3. The molecule has 34 heavy (non-hydrogen) atoms.